The zero-order chi connectivity index (χ0) is 29.6. The Morgan fingerprint density at radius 2 is 1.90 bits per heavy atom. The van der Waals surface area contributed by atoms with E-state index in [4.69, 9.17) is 9.84 Å². The monoisotopic (exact) mass is 571 g/mol. The number of carboxylic acids is 1. The first-order chi connectivity index (χ1) is 20.4. The number of nitrogens with one attached hydrogen (secondary N) is 1. The first-order valence-electron chi connectivity index (χ1n) is 15.0. The summed E-state index contributed by atoms with van der Waals surface area (Å²) in [5, 5.41) is 24.1. The molecule has 1 aromatic heterocycles. The fourth-order valence-corrected chi connectivity index (χ4v) is 6.88. The lowest BCUT2D eigenvalue weighted by Gasteiger charge is -2.50. The molecule has 1 aliphatic carbocycles. The fraction of sp³-hybridized carbons (Fsp3) is 0.441. The Balaban J connectivity index is 0.000000176. The van der Waals surface area contributed by atoms with Crippen molar-refractivity contribution in [2.45, 2.75) is 56.7 Å². The molecule has 4 fully saturated rings. The van der Waals surface area contributed by atoms with Gasteiger partial charge < -0.3 is 20.3 Å². The number of aliphatic hydroxyl groups excluding tert-OH is 1. The summed E-state index contributed by atoms with van der Waals surface area (Å²) in [6.45, 7) is 6.07. The highest BCUT2D eigenvalue weighted by Gasteiger charge is 2.42. The number of fused-ring (bicyclic) bond motifs is 4. The molecule has 3 saturated heterocycles. The van der Waals surface area contributed by atoms with Crippen molar-refractivity contribution in [2.24, 2.45) is 17.8 Å². The maximum Gasteiger partial charge on any atom is 0.308 e. The summed E-state index contributed by atoms with van der Waals surface area (Å²) in [5.74, 6) is 0.556. The number of carboxylic acid groups (broad SMARTS) is 1. The van der Waals surface area contributed by atoms with Crippen LogP contribution in [0.1, 0.15) is 60.6 Å². The summed E-state index contributed by atoms with van der Waals surface area (Å²) in [6.07, 6.45) is 8.91. The zero-order valence-electron chi connectivity index (χ0n) is 24.2. The average molecular weight is 572 g/mol. The molecule has 1 saturated carbocycles. The Labute approximate surface area is 247 Å². The molecule has 2 aromatic carbocycles. The molecule has 0 spiro atoms. The first-order valence-corrected chi connectivity index (χ1v) is 15.0. The second kappa shape index (κ2) is 13.5. The van der Waals surface area contributed by atoms with Gasteiger partial charge in [0.15, 0.2) is 0 Å². The number of amides is 1. The highest BCUT2D eigenvalue weighted by Crippen LogP contribution is 2.42. The van der Waals surface area contributed by atoms with Crippen molar-refractivity contribution in [1.29, 1.82) is 0 Å². The molecule has 1 unspecified atom stereocenters. The molecule has 1 amide bonds. The van der Waals surface area contributed by atoms with Crippen LogP contribution >= 0.6 is 0 Å². The largest absolute Gasteiger partial charge is 0.497 e. The highest BCUT2D eigenvalue weighted by atomic mass is 16.5. The average Bonchev–Trinajstić information content (AvgIpc) is 3.04. The number of piperidine rings is 3. The molecule has 4 aliphatic rings. The molecule has 3 aromatic rings. The van der Waals surface area contributed by atoms with Crippen LogP contribution in [0.15, 0.2) is 73.4 Å². The summed E-state index contributed by atoms with van der Waals surface area (Å²) in [7, 11) is 1.66. The number of aromatic nitrogens is 1. The van der Waals surface area contributed by atoms with Crippen molar-refractivity contribution in [3.05, 3.63) is 84.6 Å². The Bertz CT molecular complexity index is 1400. The number of methoxy groups -OCH3 is 1. The number of ether oxygens (including phenoxy) is 1. The minimum absolute atomic E-state index is 0.178. The van der Waals surface area contributed by atoms with Crippen LogP contribution < -0.4 is 10.1 Å². The number of benzene rings is 2. The molecule has 3 N–H and O–H groups in total. The summed E-state index contributed by atoms with van der Waals surface area (Å²) in [5.41, 5.74) is 2.42. The van der Waals surface area contributed by atoms with Crippen molar-refractivity contribution in [3.63, 3.8) is 0 Å². The van der Waals surface area contributed by atoms with Gasteiger partial charge in [0, 0.05) is 35.8 Å². The number of aliphatic hydroxyl groups is 1. The molecular weight excluding hydrogens is 530 g/mol. The molecule has 8 nitrogen and oxygen atoms in total. The number of hydrogen-bond acceptors (Lipinski definition) is 6. The molecular formula is C34H41N3O5. The predicted octanol–water partition coefficient (Wildman–Crippen LogP) is 5.23. The second-order valence-corrected chi connectivity index (χ2v) is 11.6. The van der Waals surface area contributed by atoms with Gasteiger partial charge in [-0.3, -0.25) is 19.5 Å². The second-order valence-electron chi connectivity index (χ2n) is 11.6. The third kappa shape index (κ3) is 6.50. The van der Waals surface area contributed by atoms with E-state index in [2.05, 4.69) is 27.9 Å². The molecule has 7 rings (SSSR count). The maximum atomic E-state index is 12.0. The lowest BCUT2D eigenvalue weighted by molar-refractivity contribution is -0.143. The summed E-state index contributed by atoms with van der Waals surface area (Å²) >= 11 is 0. The van der Waals surface area contributed by atoms with Crippen LogP contribution in [0.2, 0.25) is 0 Å². The van der Waals surface area contributed by atoms with Crippen molar-refractivity contribution >= 4 is 22.8 Å². The van der Waals surface area contributed by atoms with Gasteiger partial charge in [0.25, 0.3) is 5.91 Å². The van der Waals surface area contributed by atoms with E-state index < -0.39 is 18.0 Å². The molecule has 8 heteroatoms. The third-order valence-electron chi connectivity index (χ3n) is 9.26. The maximum absolute atomic E-state index is 12.0. The number of carbonyl (C=O) groups is 2. The van der Waals surface area contributed by atoms with Crippen LogP contribution in [0.3, 0.4) is 0 Å². The van der Waals surface area contributed by atoms with Crippen LogP contribution in [0.25, 0.3) is 10.9 Å². The topological polar surface area (TPSA) is 112 Å². The normalized spacial score (nSPS) is 27.3. The highest BCUT2D eigenvalue weighted by molar-refractivity contribution is 5.94. The quantitative estimate of drug-likeness (QED) is 0.333. The number of rotatable bonds is 7. The van der Waals surface area contributed by atoms with Gasteiger partial charge >= 0.3 is 5.97 Å². The Morgan fingerprint density at radius 3 is 2.60 bits per heavy atom. The van der Waals surface area contributed by atoms with Gasteiger partial charge in [-0.1, -0.05) is 37.1 Å². The number of nitrogens with zero attached hydrogens (tertiary/aromatic N) is 2. The van der Waals surface area contributed by atoms with E-state index >= 15 is 0 Å². The SMILES string of the molecule is C=C[C@H]1CN2CC[C@H]1C[C@H]2[C@H](O)c1ccnc2ccc(OC)cc12.O=C(N[C@@H]1CCCC[C@H]1C(=O)O)c1ccccc1. The van der Waals surface area contributed by atoms with E-state index in [0.29, 0.717) is 23.8 Å². The Hall–Kier alpha value is -3.75. The number of aliphatic carboxylic acids is 1. The minimum atomic E-state index is -0.812. The lowest BCUT2D eigenvalue weighted by Crippen LogP contribution is -2.54. The summed E-state index contributed by atoms with van der Waals surface area (Å²) in [6, 6.07) is 16.6. The number of carbonyl (C=O) groups excluding carboxylic acids is 1. The fourth-order valence-electron chi connectivity index (χ4n) is 6.88. The molecule has 4 heterocycles. The first kappa shape index (κ1) is 29.7. The molecule has 2 bridgehead atoms. The summed E-state index contributed by atoms with van der Waals surface area (Å²) in [4.78, 5) is 30.0. The smallest absolute Gasteiger partial charge is 0.308 e. The molecule has 42 heavy (non-hydrogen) atoms. The standard InChI is InChI=1S/C20H24N2O2.C14H17NO3/c1-3-13-12-22-9-7-14(13)10-19(22)20(23)16-6-8-21-18-5-4-15(24-2)11-17(16)18;16-13(10-6-2-1-3-7-10)15-12-9-5-4-8-11(12)14(17)18/h3-6,8,11,13-14,19-20,23H,1,7,9-10,12H2,2H3;1-3,6-7,11-12H,4-5,8-9H2,(H,15,16)(H,17,18)/t13-,14-,19-,20+;11-,12-/m01/s1. The van der Waals surface area contributed by atoms with Crippen molar-refractivity contribution in [1.82, 2.24) is 15.2 Å². The molecule has 222 valence electrons. The van der Waals surface area contributed by atoms with E-state index in [0.717, 1.165) is 61.0 Å². The van der Waals surface area contributed by atoms with E-state index in [1.807, 2.05) is 30.3 Å². The van der Waals surface area contributed by atoms with Gasteiger partial charge in [0.2, 0.25) is 0 Å². The minimum Gasteiger partial charge on any atom is -0.497 e. The van der Waals surface area contributed by atoms with Gasteiger partial charge in [-0.05, 0) is 86.0 Å². The van der Waals surface area contributed by atoms with Crippen molar-refractivity contribution < 1.29 is 24.5 Å². The zero-order valence-corrected chi connectivity index (χ0v) is 24.2. The van der Waals surface area contributed by atoms with Crippen molar-refractivity contribution in [3.8, 4) is 5.75 Å². The third-order valence-corrected chi connectivity index (χ3v) is 9.26. The van der Waals surface area contributed by atoms with Crippen LogP contribution in [0.5, 0.6) is 5.75 Å². The van der Waals surface area contributed by atoms with E-state index in [1.165, 1.54) is 6.42 Å². The van der Waals surface area contributed by atoms with Crippen LogP contribution in [0, 0.1) is 17.8 Å². The number of pyridine rings is 1. The lowest BCUT2D eigenvalue weighted by atomic mass is 9.73. The van der Waals surface area contributed by atoms with E-state index in [1.54, 1.807) is 37.6 Å². The van der Waals surface area contributed by atoms with E-state index in [-0.39, 0.29) is 18.0 Å². The van der Waals surface area contributed by atoms with Gasteiger partial charge in [-0.15, -0.1) is 6.58 Å². The Kier molecular flexibility index (Phi) is 9.55. The molecule has 7 atom stereocenters. The van der Waals surface area contributed by atoms with Crippen LogP contribution in [0.4, 0.5) is 0 Å². The van der Waals surface area contributed by atoms with Gasteiger partial charge in [0.1, 0.15) is 5.75 Å². The van der Waals surface area contributed by atoms with Crippen LogP contribution in [-0.4, -0.2) is 64.3 Å². The van der Waals surface area contributed by atoms with Gasteiger partial charge in [0.05, 0.1) is 24.6 Å². The number of hydrogen-bond donors (Lipinski definition) is 3. The van der Waals surface area contributed by atoms with Gasteiger partial charge in [-0.2, -0.15) is 0 Å². The van der Waals surface area contributed by atoms with Crippen molar-refractivity contribution in [2.75, 3.05) is 20.2 Å². The van der Waals surface area contributed by atoms with E-state index in [9.17, 15) is 14.7 Å². The predicted molar refractivity (Wildman–Crippen MR) is 162 cm³/mol. The molecule has 3 aliphatic heterocycles. The Morgan fingerprint density at radius 1 is 1.12 bits per heavy atom. The summed E-state index contributed by atoms with van der Waals surface area (Å²) < 4.78 is 5.35. The van der Waals surface area contributed by atoms with Gasteiger partial charge in [-0.25, -0.2) is 0 Å². The van der Waals surface area contributed by atoms with Crippen LogP contribution in [-0.2, 0) is 4.79 Å². The molecule has 0 radical (unpaired) electrons.